The van der Waals surface area contributed by atoms with Gasteiger partial charge in [0, 0.05) is 25.2 Å². The van der Waals surface area contributed by atoms with Gasteiger partial charge in [-0.05, 0) is 28.8 Å². The van der Waals surface area contributed by atoms with Gasteiger partial charge in [-0.1, -0.05) is 84.4 Å². The van der Waals surface area contributed by atoms with Gasteiger partial charge >= 0.3 is 0 Å². The van der Waals surface area contributed by atoms with Crippen LogP contribution in [0.2, 0.25) is 0 Å². The zero-order valence-corrected chi connectivity index (χ0v) is 18.2. The third-order valence-corrected chi connectivity index (χ3v) is 5.37. The number of hydrogen-bond acceptors (Lipinski definition) is 4. The summed E-state index contributed by atoms with van der Waals surface area (Å²) in [7, 11) is 0. The quantitative estimate of drug-likeness (QED) is 0.433. The van der Waals surface area contributed by atoms with Crippen molar-refractivity contribution in [3.05, 3.63) is 102 Å². The topological polar surface area (TPSA) is 52.9 Å². The van der Waals surface area contributed by atoms with Crippen LogP contribution in [0.15, 0.2) is 84.9 Å². The number of aliphatic hydroxyl groups excluding tert-OH is 2. The predicted octanol–water partition coefficient (Wildman–Crippen LogP) is 4.51. The van der Waals surface area contributed by atoms with Gasteiger partial charge in [-0.2, -0.15) is 0 Å². The van der Waals surface area contributed by atoms with Crippen LogP contribution in [-0.2, 0) is 0 Å². The molecule has 0 fully saturated rings. The summed E-state index contributed by atoms with van der Waals surface area (Å²) in [5.74, 6) is 0.764. The van der Waals surface area contributed by atoms with E-state index in [0.29, 0.717) is 31.3 Å². The third-order valence-electron chi connectivity index (χ3n) is 4.96. The van der Waals surface area contributed by atoms with Crippen molar-refractivity contribution in [1.82, 2.24) is 4.90 Å². The van der Waals surface area contributed by atoms with Crippen molar-refractivity contribution in [2.45, 2.75) is 0 Å². The Balaban J connectivity index is 1.79. The highest BCUT2D eigenvalue weighted by Gasteiger charge is 2.12. The first-order valence-electron chi connectivity index (χ1n) is 10.4. The smallest absolute Gasteiger partial charge is 0.119 e. The molecule has 0 bridgehead atoms. The van der Waals surface area contributed by atoms with Crippen LogP contribution < -0.4 is 4.74 Å². The van der Waals surface area contributed by atoms with E-state index in [1.54, 1.807) is 0 Å². The van der Waals surface area contributed by atoms with Crippen LogP contribution in [0.4, 0.5) is 0 Å². The minimum Gasteiger partial charge on any atom is -0.492 e. The molecule has 0 aromatic heterocycles. The number of ether oxygens (including phenoxy) is 1. The van der Waals surface area contributed by atoms with E-state index in [1.807, 2.05) is 77.7 Å². The van der Waals surface area contributed by atoms with Gasteiger partial charge < -0.3 is 14.9 Å². The van der Waals surface area contributed by atoms with Crippen molar-refractivity contribution in [2.24, 2.45) is 0 Å². The molecule has 0 amide bonds. The van der Waals surface area contributed by atoms with E-state index in [2.05, 4.69) is 12.1 Å². The van der Waals surface area contributed by atoms with Crippen molar-refractivity contribution < 1.29 is 14.9 Å². The van der Waals surface area contributed by atoms with Crippen LogP contribution in [0.1, 0.15) is 16.7 Å². The van der Waals surface area contributed by atoms with Crippen LogP contribution in [0.3, 0.4) is 0 Å². The average molecular weight is 438 g/mol. The van der Waals surface area contributed by atoms with Gasteiger partial charge in [-0.25, -0.2) is 0 Å². The minimum absolute atomic E-state index is 0.0610. The maximum Gasteiger partial charge on any atom is 0.119 e. The molecule has 4 nitrogen and oxygen atoms in total. The van der Waals surface area contributed by atoms with Crippen molar-refractivity contribution in [3.8, 4) is 5.75 Å². The molecular formula is C26H28ClNO3. The summed E-state index contributed by atoms with van der Waals surface area (Å²) in [5.41, 5.74) is 4.00. The molecule has 3 aromatic rings. The van der Waals surface area contributed by atoms with Gasteiger partial charge in [0.2, 0.25) is 0 Å². The molecule has 0 saturated carbocycles. The fourth-order valence-corrected chi connectivity index (χ4v) is 3.73. The summed E-state index contributed by atoms with van der Waals surface area (Å²) in [6.07, 6.45) is 0. The van der Waals surface area contributed by atoms with E-state index in [0.717, 1.165) is 28.0 Å². The SMILES string of the molecule is OCCN(CCO)CCOc1ccc(/C(=C(/Cl)c2ccccc2)c2ccccc2)cc1. The molecule has 0 atom stereocenters. The fourth-order valence-electron chi connectivity index (χ4n) is 3.38. The average Bonchev–Trinajstić information content (AvgIpc) is 2.82. The number of nitrogens with zero attached hydrogens (tertiary/aromatic N) is 1. The monoisotopic (exact) mass is 437 g/mol. The predicted molar refractivity (Wildman–Crippen MR) is 127 cm³/mol. The lowest BCUT2D eigenvalue weighted by atomic mass is 9.95. The first-order chi connectivity index (χ1) is 15.2. The molecule has 0 radical (unpaired) electrons. The highest BCUT2D eigenvalue weighted by molar-refractivity contribution is 6.53. The van der Waals surface area contributed by atoms with Crippen LogP contribution in [0.25, 0.3) is 10.6 Å². The Bertz CT molecular complexity index is 937. The lowest BCUT2D eigenvalue weighted by Gasteiger charge is -2.20. The molecule has 5 heteroatoms. The summed E-state index contributed by atoms with van der Waals surface area (Å²) in [5, 5.41) is 18.9. The first kappa shape index (κ1) is 23.0. The summed E-state index contributed by atoms with van der Waals surface area (Å²) >= 11 is 6.86. The number of halogens is 1. The van der Waals surface area contributed by atoms with Crippen molar-refractivity contribution in [2.75, 3.05) is 39.5 Å². The van der Waals surface area contributed by atoms with Crippen LogP contribution in [0.5, 0.6) is 5.75 Å². The van der Waals surface area contributed by atoms with E-state index in [1.165, 1.54) is 0 Å². The standard InChI is InChI=1S/C26H28ClNO3/c27-26(23-9-5-2-6-10-23)25(21-7-3-1-4-8-21)22-11-13-24(14-12-22)31-20-17-28(15-18-29)16-19-30/h1-14,29-30H,15-20H2/b26-25+. The van der Waals surface area contributed by atoms with E-state index >= 15 is 0 Å². The second-order valence-corrected chi connectivity index (χ2v) is 7.46. The normalized spacial score (nSPS) is 12.0. The number of hydrogen-bond donors (Lipinski definition) is 2. The van der Waals surface area contributed by atoms with Gasteiger partial charge in [0.05, 0.1) is 18.2 Å². The molecule has 0 aliphatic heterocycles. The summed E-state index contributed by atoms with van der Waals surface area (Å²) in [4.78, 5) is 1.96. The van der Waals surface area contributed by atoms with Crippen molar-refractivity contribution in [1.29, 1.82) is 0 Å². The molecule has 3 aromatic carbocycles. The second-order valence-electron chi connectivity index (χ2n) is 7.08. The maximum atomic E-state index is 9.10. The molecule has 162 valence electrons. The Kier molecular flexibility index (Phi) is 9.13. The van der Waals surface area contributed by atoms with E-state index in [9.17, 15) is 0 Å². The van der Waals surface area contributed by atoms with Crippen LogP contribution >= 0.6 is 11.6 Å². The Morgan fingerprint density at radius 1 is 0.677 bits per heavy atom. The molecule has 0 spiro atoms. The Morgan fingerprint density at radius 3 is 1.74 bits per heavy atom. The highest BCUT2D eigenvalue weighted by Crippen LogP contribution is 2.35. The molecule has 0 unspecified atom stereocenters. The first-order valence-corrected chi connectivity index (χ1v) is 10.8. The second kappa shape index (κ2) is 12.3. The maximum absolute atomic E-state index is 9.10. The molecule has 0 saturated heterocycles. The molecule has 0 aliphatic carbocycles. The number of aliphatic hydroxyl groups is 2. The van der Waals surface area contributed by atoms with E-state index in [4.69, 9.17) is 26.6 Å². The molecule has 0 heterocycles. The third kappa shape index (κ3) is 6.68. The molecule has 0 aliphatic rings. The minimum atomic E-state index is 0.0610. The fraction of sp³-hybridized carbons (Fsp3) is 0.231. The zero-order valence-electron chi connectivity index (χ0n) is 17.5. The Hall–Kier alpha value is -2.63. The van der Waals surface area contributed by atoms with E-state index in [-0.39, 0.29) is 13.2 Å². The van der Waals surface area contributed by atoms with Gasteiger partial charge in [0.15, 0.2) is 0 Å². The van der Waals surface area contributed by atoms with E-state index < -0.39 is 0 Å². The summed E-state index contributed by atoms with van der Waals surface area (Å²) < 4.78 is 5.86. The van der Waals surface area contributed by atoms with Crippen molar-refractivity contribution in [3.63, 3.8) is 0 Å². The lowest BCUT2D eigenvalue weighted by molar-refractivity contribution is 0.141. The molecule has 3 rings (SSSR count). The lowest BCUT2D eigenvalue weighted by Crippen LogP contribution is -2.33. The van der Waals surface area contributed by atoms with Crippen LogP contribution in [-0.4, -0.2) is 54.6 Å². The number of rotatable bonds is 11. The zero-order chi connectivity index (χ0) is 21.9. The molecular weight excluding hydrogens is 410 g/mol. The Labute approximate surface area is 189 Å². The summed E-state index contributed by atoms with van der Waals surface area (Å²) in [6.45, 7) is 2.28. The largest absolute Gasteiger partial charge is 0.492 e. The molecule has 31 heavy (non-hydrogen) atoms. The van der Waals surface area contributed by atoms with Crippen LogP contribution in [0, 0.1) is 0 Å². The number of benzene rings is 3. The van der Waals surface area contributed by atoms with Gasteiger partial charge in [0.25, 0.3) is 0 Å². The summed E-state index contributed by atoms with van der Waals surface area (Å²) in [6, 6.07) is 28.0. The van der Waals surface area contributed by atoms with Gasteiger partial charge in [-0.15, -0.1) is 0 Å². The van der Waals surface area contributed by atoms with Crippen molar-refractivity contribution >= 4 is 22.2 Å². The Morgan fingerprint density at radius 2 is 1.19 bits per heavy atom. The highest BCUT2D eigenvalue weighted by atomic mass is 35.5. The van der Waals surface area contributed by atoms with Gasteiger partial charge in [0.1, 0.15) is 12.4 Å². The molecule has 2 N–H and O–H groups in total. The van der Waals surface area contributed by atoms with Gasteiger partial charge in [-0.3, -0.25) is 4.90 Å².